The molecule has 0 spiro atoms. The van der Waals surface area contributed by atoms with E-state index in [9.17, 15) is 0 Å². The van der Waals surface area contributed by atoms with Crippen LogP contribution in [0.3, 0.4) is 0 Å². The monoisotopic (exact) mass is 250 g/mol. The lowest BCUT2D eigenvalue weighted by Crippen LogP contribution is -2.12. The van der Waals surface area contributed by atoms with Crippen LogP contribution in [0.2, 0.25) is 0 Å². The molecule has 0 radical (unpaired) electrons. The van der Waals surface area contributed by atoms with Crippen LogP contribution in [-0.2, 0) is 6.42 Å². The molecule has 0 bridgehead atoms. The van der Waals surface area contributed by atoms with E-state index < -0.39 is 0 Å². The van der Waals surface area contributed by atoms with Crippen LogP contribution in [0.25, 0.3) is 0 Å². The molecule has 0 aliphatic rings. The lowest BCUT2D eigenvalue weighted by Gasteiger charge is -2.17. The largest absolute Gasteiger partial charge is 0.493 e. The van der Waals surface area contributed by atoms with Crippen LogP contribution in [0, 0.1) is 5.92 Å². The zero-order chi connectivity index (χ0) is 13.2. The number of aliphatic hydroxyl groups is 1. The minimum Gasteiger partial charge on any atom is -0.493 e. The second-order valence-electron chi connectivity index (χ2n) is 4.81. The molecule has 1 atom stereocenters. The number of rotatable bonds is 9. The predicted molar refractivity (Wildman–Crippen MR) is 76.0 cm³/mol. The molecule has 1 unspecified atom stereocenters. The zero-order valence-electron chi connectivity index (χ0n) is 11.7. The molecule has 0 aliphatic carbocycles. The molecule has 102 valence electrons. The van der Waals surface area contributed by atoms with Crippen molar-refractivity contribution in [2.75, 3.05) is 13.2 Å². The Balaban J connectivity index is 2.50. The Morgan fingerprint density at radius 1 is 1.22 bits per heavy atom. The van der Waals surface area contributed by atoms with Crippen LogP contribution in [0.1, 0.15) is 45.1 Å². The summed E-state index contributed by atoms with van der Waals surface area (Å²) in [5.41, 5.74) is 1.10. The number of unbranched alkanes of at least 4 members (excludes halogenated alkanes) is 1. The van der Waals surface area contributed by atoms with Gasteiger partial charge in [0.2, 0.25) is 0 Å². The van der Waals surface area contributed by atoms with Crippen molar-refractivity contribution < 1.29 is 9.84 Å². The molecule has 18 heavy (non-hydrogen) atoms. The van der Waals surface area contributed by atoms with E-state index in [2.05, 4.69) is 13.8 Å². The van der Waals surface area contributed by atoms with Crippen molar-refractivity contribution in [1.29, 1.82) is 0 Å². The topological polar surface area (TPSA) is 29.5 Å². The summed E-state index contributed by atoms with van der Waals surface area (Å²) in [6, 6.07) is 8.01. The standard InChI is InChI=1S/C16H26O2/c1-3-5-8-14(4-2)13-18-16-10-7-6-9-15(16)11-12-17/h6-7,9-10,14,17H,3-5,8,11-13H2,1-2H3. The second-order valence-corrected chi connectivity index (χ2v) is 4.81. The first-order valence-electron chi connectivity index (χ1n) is 7.13. The SMILES string of the molecule is CCCCC(CC)COc1ccccc1CCO. The first-order chi connectivity index (χ1) is 8.81. The highest BCUT2D eigenvalue weighted by Gasteiger charge is 2.08. The first kappa shape index (κ1) is 15.0. The van der Waals surface area contributed by atoms with Crippen LogP contribution in [0.5, 0.6) is 5.75 Å². The van der Waals surface area contributed by atoms with E-state index in [1.807, 2.05) is 24.3 Å². The molecule has 0 aliphatic heterocycles. The second kappa shape index (κ2) is 8.98. The van der Waals surface area contributed by atoms with E-state index in [1.165, 1.54) is 25.7 Å². The molecular weight excluding hydrogens is 224 g/mol. The van der Waals surface area contributed by atoms with Crippen molar-refractivity contribution in [3.8, 4) is 5.75 Å². The molecular formula is C16H26O2. The van der Waals surface area contributed by atoms with Crippen molar-refractivity contribution in [1.82, 2.24) is 0 Å². The van der Waals surface area contributed by atoms with E-state index in [4.69, 9.17) is 9.84 Å². The molecule has 1 N–H and O–H groups in total. The predicted octanol–water partition coefficient (Wildman–Crippen LogP) is 3.82. The van der Waals surface area contributed by atoms with Gasteiger partial charge in [-0.2, -0.15) is 0 Å². The van der Waals surface area contributed by atoms with Crippen LogP contribution >= 0.6 is 0 Å². The molecule has 1 aromatic carbocycles. The molecule has 2 nitrogen and oxygen atoms in total. The van der Waals surface area contributed by atoms with E-state index >= 15 is 0 Å². The van der Waals surface area contributed by atoms with Crippen molar-refractivity contribution in [2.45, 2.75) is 46.0 Å². The van der Waals surface area contributed by atoms with Gasteiger partial charge in [0.1, 0.15) is 5.75 Å². The fourth-order valence-electron chi connectivity index (χ4n) is 2.08. The maximum atomic E-state index is 9.03. The number of hydrogen-bond donors (Lipinski definition) is 1. The molecule has 1 aromatic rings. The Labute approximate surface area is 111 Å². The van der Waals surface area contributed by atoms with Gasteiger partial charge in [-0.15, -0.1) is 0 Å². The van der Waals surface area contributed by atoms with Gasteiger partial charge in [-0.05, 0) is 30.4 Å². The Morgan fingerprint density at radius 2 is 2.00 bits per heavy atom. The van der Waals surface area contributed by atoms with E-state index in [0.29, 0.717) is 12.3 Å². The minimum atomic E-state index is 0.174. The number of para-hydroxylation sites is 1. The first-order valence-corrected chi connectivity index (χ1v) is 7.13. The van der Waals surface area contributed by atoms with Gasteiger partial charge in [0, 0.05) is 6.61 Å². The molecule has 2 heteroatoms. The Bertz CT molecular complexity index is 323. The van der Waals surface area contributed by atoms with Gasteiger partial charge in [0.25, 0.3) is 0 Å². The molecule has 0 saturated carbocycles. The summed E-state index contributed by atoms with van der Waals surface area (Å²) in [6.07, 6.45) is 5.61. The summed E-state index contributed by atoms with van der Waals surface area (Å²) in [7, 11) is 0. The van der Waals surface area contributed by atoms with Gasteiger partial charge in [-0.1, -0.05) is 51.3 Å². The summed E-state index contributed by atoms with van der Waals surface area (Å²) < 4.78 is 5.93. The average Bonchev–Trinajstić information content (AvgIpc) is 2.41. The maximum Gasteiger partial charge on any atom is 0.122 e. The van der Waals surface area contributed by atoms with Gasteiger partial charge in [-0.25, -0.2) is 0 Å². The van der Waals surface area contributed by atoms with Crippen LogP contribution in [0.15, 0.2) is 24.3 Å². The third-order valence-corrected chi connectivity index (χ3v) is 3.37. The molecule has 1 rings (SSSR count). The maximum absolute atomic E-state index is 9.03. The van der Waals surface area contributed by atoms with Crippen molar-refractivity contribution in [2.24, 2.45) is 5.92 Å². The minimum absolute atomic E-state index is 0.174. The highest BCUT2D eigenvalue weighted by atomic mass is 16.5. The molecule has 0 saturated heterocycles. The number of benzene rings is 1. The zero-order valence-corrected chi connectivity index (χ0v) is 11.7. The molecule has 0 fully saturated rings. The Kier molecular flexibility index (Phi) is 7.51. The molecule has 0 aromatic heterocycles. The number of ether oxygens (including phenoxy) is 1. The molecule has 0 heterocycles. The summed E-state index contributed by atoms with van der Waals surface area (Å²) in [5.74, 6) is 1.58. The highest BCUT2D eigenvalue weighted by Crippen LogP contribution is 2.21. The van der Waals surface area contributed by atoms with E-state index in [-0.39, 0.29) is 6.61 Å². The van der Waals surface area contributed by atoms with Gasteiger partial charge < -0.3 is 9.84 Å². The highest BCUT2D eigenvalue weighted by molar-refractivity contribution is 5.33. The van der Waals surface area contributed by atoms with Crippen molar-refractivity contribution in [3.63, 3.8) is 0 Å². The molecule has 0 amide bonds. The van der Waals surface area contributed by atoms with Gasteiger partial charge >= 0.3 is 0 Å². The normalized spacial score (nSPS) is 12.4. The van der Waals surface area contributed by atoms with Crippen LogP contribution in [0.4, 0.5) is 0 Å². The van der Waals surface area contributed by atoms with E-state index in [1.54, 1.807) is 0 Å². The average molecular weight is 250 g/mol. The quantitative estimate of drug-likeness (QED) is 0.722. The van der Waals surface area contributed by atoms with Crippen molar-refractivity contribution >= 4 is 0 Å². The van der Waals surface area contributed by atoms with Crippen LogP contribution in [-0.4, -0.2) is 18.3 Å². The van der Waals surface area contributed by atoms with Gasteiger partial charge in [0.05, 0.1) is 6.61 Å². The third kappa shape index (κ3) is 5.09. The van der Waals surface area contributed by atoms with Crippen molar-refractivity contribution in [3.05, 3.63) is 29.8 Å². The lowest BCUT2D eigenvalue weighted by atomic mass is 10.0. The summed E-state index contributed by atoms with van der Waals surface area (Å²) in [4.78, 5) is 0. The van der Waals surface area contributed by atoms with Gasteiger partial charge in [0.15, 0.2) is 0 Å². The number of aliphatic hydroxyl groups excluding tert-OH is 1. The Morgan fingerprint density at radius 3 is 2.67 bits per heavy atom. The van der Waals surface area contributed by atoms with E-state index in [0.717, 1.165) is 17.9 Å². The fourth-order valence-corrected chi connectivity index (χ4v) is 2.08. The summed E-state index contributed by atoms with van der Waals surface area (Å²) in [6.45, 7) is 5.42. The summed E-state index contributed by atoms with van der Waals surface area (Å²) in [5, 5.41) is 9.03. The Hall–Kier alpha value is -1.02. The third-order valence-electron chi connectivity index (χ3n) is 3.37. The van der Waals surface area contributed by atoms with Gasteiger partial charge in [-0.3, -0.25) is 0 Å². The fraction of sp³-hybridized carbons (Fsp3) is 0.625. The summed E-state index contributed by atoms with van der Waals surface area (Å²) >= 11 is 0. The lowest BCUT2D eigenvalue weighted by molar-refractivity contribution is 0.229. The number of hydrogen-bond acceptors (Lipinski definition) is 2. The van der Waals surface area contributed by atoms with Crippen LogP contribution < -0.4 is 4.74 Å². The smallest absolute Gasteiger partial charge is 0.122 e.